The van der Waals surface area contributed by atoms with Crippen LogP contribution in [0.25, 0.3) is 0 Å². The molecule has 0 saturated heterocycles. The fourth-order valence-corrected chi connectivity index (χ4v) is 0.685. The number of rotatable bonds is 1. The van der Waals surface area contributed by atoms with Gasteiger partial charge in [0, 0.05) is 16.9 Å². The van der Waals surface area contributed by atoms with E-state index in [1.54, 1.807) is 12.4 Å². The normalized spacial score (nSPS) is 8.27. The molecule has 0 amide bonds. The maximum absolute atomic E-state index is 8.77. The summed E-state index contributed by atoms with van der Waals surface area (Å²) in [4.78, 5) is 0. The second-order valence-corrected chi connectivity index (χ2v) is 1.94. The number of nitrogens with zero attached hydrogens (tertiary/aromatic N) is 1. The summed E-state index contributed by atoms with van der Waals surface area (Å²) in [7, 11) is 0. The van der Waals surface area contributed by atoms with Crippen molar-refractivity contribution in [2.45, 2.75) is 27.2 Å². The van der Waals surface area contributed by atoms with E-state index in [2.05, 4.69) is 6.92 Å². The summed E-state index contributed by atoms with van der Waals surface area (Å²) >= 11 is 0. The van der Waals surface area contributed by atoms with E-state index in [-0.39, 0.29) is 0 Å². The number of aryl methyl sites for hydroxylation is 1. The molecule has 0 unspecified atom stereocenters. The van der Waals surface area contributed by atoms with E-state index in [9.17, 15) is 0 Å². The van der Waals surface area contributed by atoms with Crippen molar-refractivity contribution >= 4 is 0 Å². The minimum Gasteiger partial charge on any atom is -0.285 e. The highest BCUT2D eigenvalue weighted by molar-refractivity contribution is 5.05. The first-order valence-electron chi connectivity index (χ1n) is 4.02. The predicted octanol–water partition coefficient (Wildman–Crippen LogP) is 1.80. The average molecular weight is 154 g/mol. The lowest BCUT2D eigenvalue weighted by Crippen LogP contribution is -2.27. The Balaban J connectivity index is 0.000000461. The molecule has 0 aliphatic heterocycles. The van der Waals surface area contributed by atoms with Crippen molar-refractivity contribution in [3.63, 3.8) is 0 Å². The monoisotopic (exact) mass is 154 g/mol. The Kier molecular flexibility index (Phi) is 5.17. The van der Waals surface area contributed by atoms with Gasteiger partial charge in [-0.25, -0.2) is 0 Å². The molecule has 2 nitrogen and oxygen atoms in total. The largest absolute Gasteiger partial charge is 0.285 e. The standard InChI is InChI=1S/C7H10NO.C2H6/c1-2-7-3-5-8(9)6-4-7;1-2/h3-6,9H,2H2,1H3;1-2H3/q+1;. The van der Waals surface area contributed by atoms with Gasteiger partial charge in [-0.2, -0.15) is 0 Å². The molecular weight excluding hydrogens is 138 g/mol. The molecule has 1 N–H and O–H groups in total. The van der Waals surface area contributed by atoms with Gasteiger partial charge in [-0.3, -0.25) is 5.21 Å². The second-order valence-electron chi connectivity index (χ2n) is 1.94. The highest BCUT2D eigenvalue weighted by Crippen LogP contribution is 1.93. The second kappa shape index (κ2) is 5.71. The van der Waals surface area contributed by atoms with Crippen LogP contribution in [-0.2, 0) is 6.42 Å². The lowest BCUT2D eigenvalue weighted by atomic mass is 10.2. The van der Waals surface area contributed by atoms with Gasteiger partial charge in [0.2, 0.25) is 12.4 Å². The molecule has 1 rings (SSSR count). The zero-order valence-corrected chi connectivity index (χ0v) is 7.41. The highest BCUT2D eigenvalue weighted by atomic mass is 16.5. The molecule has 1 aromatic heterocycles. The molecule has 1 heterocycles. The van der Waals surface area contributed by atoms with E-state index in [4.69, 9.17) is 5.21 Å². The molecule has 11 heavy (non-hydrogen) atoms. The van der Waals surface area contributed by atoms with E-state index in [1.165, 1.54) is 5.56 Å². The third-order valence-electron chi connectivity index (χ3n) is 1.29. The van der Waals surface area contributed by atoms with Crippen molar-refractivity contribution in [2.75, 3.05) is 0 Å². The average Bonchev–Trinajstić information content (AvgIpc) is 2.10. The van der Waals surface area contributed by atoms with Crippen LogP contribution in [0.4, 0.5) is 0 Å². The van der Waals surface area contributed by atoms with Gasteiger partial charge in [0.05, 0.1) is 0 Å². The Bertz CT molecular complexity index is 181. The molecule has 0 aromatic carbocycles. The van der Waals surface area contributed by atoms with E-state index in [0.29, 0.717) is 0 Å². The predicted molar refractivity (Wildman–Crippen MR) is 44.5 cm³/mol. The molecular formula is C9H16NO+. The summed E-state index contributed by atoms with van der Waals surface area (Å²) in [5, 5.41) is 8.77. The maximum atomic E-state index is 8.77. The minimum absolute atomic E-state index is 1.01. The Morgan fingerprint density at radius 3 is 2.09 bits per heavy atom. The smallest absolute Gasteiger partial charge is 0.222 e. The van der Waals surface area contributed by atoms with Crippen molar-refractivity contribution in [1.29, 1.82) is 0 Å². The molecule has 62 valence electrons. The van der Waals surface area contributed by atoms with Crippen LogP contribution in [0.3, 0.4) is 0 Å². The fourth-order valence-electron chi connectivity index (χ4n) is 0.685. The summed E-state index contributed by atoms with van der Waals surface area (Å²) in [5.41, 5.74) is 1.24. The Labute approximate surface area is 68.1 Å². The zero-order chi connectivity index (χ0) is 8.69. The molecule has 0 radical (unpaired) electrons. The fraction of sp³-hybridized carbons (Fsp3) is 0.444. The highest BCUT2D eigenvalue weighted by Gasteiger charge is 1.92. The van der Waals surface area contributed by atoms with Crippen molar-refractivity contribution in [3.05, 3.63) is 30.1 Å². The Morgan fingerprint density at radius 2 is 1.73 bits per heavy atom. The Hall–Kier alpha value is -1.05. The van der Waals surface area contributed by atoms with Crippen molar-refractivity contribution in [3.8, 4) is 0 Å². The summed E-state index contributed by atoms with van der Waals surface area (Å²) in [6.45, 7) is 6.08. The van der Waals surface area contributed by atoms with Crippen LogP contribution < -0.4 is 4.73 Å². The van der Waals surface area contributed by atoms with Crippen LogP contribution in [0.2, 0.25) is 0 Å². The van der Waals surface area contributed by atoms with Gasteiger partial charge in [-0.1, -0.05) is 20.8 Å². The summed E-state index contributed by atoms with van der Waals surface area (Å²) in [5.74, 6) is 0. The lowest BCUT2D eigenvalue weighted by Gasteiger charge is -1.88. The lowest BCUT2D eigenvalue weighted by molar-refractivity contribution is -0.904. The van der Waals surface area contributed by atoms with Gasteiger partial charge in [-0.05, 0) is 12.0 Å². The maximum Gasteiger partial charge on any atom is 0.222 e. The van der Waals surface area contributed by atoms with E-state index < -0.39 is 0 Å². The number of pyridine rings is 1. The zero-order valence-electron chi connectivity index (χ0n) is 7.41. The molecule has 0 bridgehead atoms. The van der Waals surface area contributed by atoms with E-state index in [0.717, 1.165) is 11.2 Å². The van der Waals surface area contributed by atoms with Crippen molar-refractivity contribution in [2.24, 2.45) is 0 Å². The van der Waals surface area contributed by atoms with Crippen LogP contribution in [0.5, 0.6) is 0 Å². The molecule has 0 fully saturated rings. The SMILES string of the molecule is CC.CCc1cc[n+](O)cc1. The minimum atomic E-state index is 1.01. The van der Waals surface area contributed by atoms with Gasteiger partial charge in [0.15, 0.2) is 0 Å². The topological polar surface area (TPSA) is 24.1 Å². The van der Waals surface area contributed by atoms with Gasteiger partial charge in [0.1, 0.15) is 0 Å². The molecule has 0 aliphatic rings. The van der Waals surface area contributed by atoms with E-state index >= 15 is 0 Å². The molecule has 1 aromatic rings. The quantitative estimate of drug-likeness (QED) is 0.484. The van der Waals surface area contributed by atoms with Crippen LogP contribution in [0.15, 0.2) is 24.5 Å². The first-order chi connectivity index (χ1) is 5.33. The Morgan fingerprint density at radius 1 is 1.27 bits per heavy atom. The third-order valence-corrected chi connectivity index (χ3v) is 1.29. The van der Waals surface area contributed by atoms with E-state index in [1.807, 2.05) is 26.0 Å². The molecule has 0 atom stereocenters. The van der Waals surface area contributed by atoms with Gasteiger partial charge in [0.25, 0.3) is 0 Å². The molecule has 0 aliphatic carbocycles. The molecule has 2 heteroatoms. The third kappa shape index (κ3) is 3.61. The molecule has 0 spiro atoms. The van der Waals surface area contributed by atoms with Crippen molar-refractivity contribution in [1.82, 2.24) is 0 Å². The van der Waals surface area contributed by atoms with Crippen LogP contribution >= 0.6 is 0 Å². The summed E-state index contributed by atoms with van der Waals surface area (Å²) in [6, 6.07) is 3.78. The molecule has 0 saturated carbocycles. The van der Waals surface area contributed by atoms with Gasteiger partial charge >= 0.3 is 0 Å². The van der Waals surface area contributed by atoms with Crippen LogP contribution in [0, 0.1) is 0 Å². The van der Waals surface area contributed by atoms with Crippen LogP contribution in [0.1, 0.15) is 26.3 Å². The van der Waals surface area contributed by atoms with Crippen molar-refractivity contribution < 1.29 is 9.94 Å². The van der Waals surface area contributed by atoms with Gasteiger partial charge in [-0.15, -0.1) is 0 Å². The summed E-state index contributed by atoms with van der Waals surface area (Å²) < 4.78 is 1.04. The number of hydrogen-bond donors (Lipinski definition) is 1. The number of hydrogen-bond acceptors (Lipinski definition) is 1. The number of aromatic nitrogens is 1. The van der Waals surface area contributed by atoms with Crippen LogP contribution in [-0.4, -0.2) is 5.21 Å². The van der Waals surface area contributed by atoms with Gasteiger partial charge < -0.3 is 0 Å². The summed E-state index contributed by atoms with van der Waals surface area (Å²) in [6.07, 6.45) is 4.26. The first kappa shape index (κ1) is 9.95. The first-order valence-corrected chi connectivity index (χ1v) is 4.02.